The molecule has 0 saturated carbocycles. The molecule has 0 saturated heterocycles. The van der Waals surface area contributed by atoms with Crippen molar-refractivity contribution in [2.24, 2.45) is 0 Å². The summed E-state index contributed by atoms with van der Waals surface area (Å²) in [5.74, 6) is 0. The van der Waals surface area contributed by atoms with Crippen LogP contribution in [0.5, 0.6) is 0 Å². The number of aryl methyl sites for hydroxylation is 3. The Kier molecular flexibility index (Phi) is 6.23. The van der Waals surface area contributed by atoms with Gasteiger partial charge in [-0.15, -0.1) is 12.4 Å². The number of rotatable bonds is 4. The zero-order valence-corrected chi connectivity index (χ0v) is 16.8. The molecule has 3 aromatic rings. The molecule has 3 rings (SSSR count). The average Bonchev–Trinajstić information content (AvgIpc) is 2.61. The van der Waals surface area contributed by atoms with E-state index in [-0.39, 0.29) is 17.9 Å². The number of halogens is 1. The summed E-state index contributed by atoms with van der Waals surface area (Å²) in [5.41, 5.74) is 3.12. The molecule has 0 unspecified atom stereocenters. The molecular weight excluding hydrogens is 363 g/mol. The Bertz CT molecular complexity index is 899. The molecule has 0 aliphatic rings. The molecule has 134 valence electrons. The second kappa shape index (κ2) is 8.03. The summed E-state index contributed by atoms with van der Waals surface area (Å²) in [6.07, 6.45) is 0. The second-order valence-corrected chi connectivity index (χ2v) is 9.02. The van der Waals surface area contributed by atoms with Gasteiger partial charge in [0.05, 0.1) is 0 Å². The fraction of sp³-hybridized carbons (Fsp3) is 0.136. The highest BCUT2D eigenvalue weighted by atomic mass is 35.5. The first-order chi connectivity index (χ1) is 11.9. The lowest BCUT2D eigenvalue weighted by Crippen LogP contribution is -2.23. The van der Waals surface area contributed by atoms with Crippen LogP contribution in [0.2, 0.25) is 0 Å². The Balaban J connectivity index is 0.00000243. The lowest BCUT2D eigenvalue weighted by Gasteiger charge is -2.20. The SMILES string of the molecule is Cc1cc(C)c(C(=O)P(=O)(c2ccccc2)c2ccccc2)c(C)c1.Cl. The molecule has 0 N–H and O–H groups in total. The molecule has 0 bridgehead atoms. The summed E-state index contributed by atoms with van der Waals surface area (Å²) in [7, 11) is -3.44. The Morgan fingerprint density at radius 2 is 1.12 bits per heavy atom. The molecule has 0 heterocycles. The Labute approximate surface area is 161 Å². The summed E-state index contributed by atoms with van der Waals surface area (Å²) >= 11 is 0. The minimum absolute atomic E-state index is 0. The van der Waals surface area contributed by atoms with Crippen LogP contribution in [0.3, 0.4) is 0 Å². The van der Waals surface area contributed by atoms with Crippen LogP contribution < -0.4 is 10.6 Å². The quantitative estimate of drug-likeness (QED) is 0.580. The minimum Gasteiger partial charge on any atom is -0.305 e. The maximum atomic E-state index is 14.2. The van der Waals surface area contributed by atoms with Crippen molar-refractivity contribution in [3.05, 3.63) is 95.1 Å². The van der Waals surface area contributed by atoms with Gasteiger partial charge in [0.2, 0.25) is 12.7 Å². The molecule has 0 aromatic heterocycles. The lowest BCUT2D eigenvalue weighted by molar-refractivity contribution is 0.107. The van der Waals surface area contributed by atoms with Gasteiger partial charge in [0.25, 0.3) is 0 Å². The molecule has 0 amide bonds. The summed E-state index contributed by atoms with van der Waals surface area (Å²) in [5, 5.41) is 1.15. The van der Waals surface area contributed by atoms with Gasteiger partial charge in [-0.05, 0) is 31.9 Å². The molecule has 0 radical (unpaired) electrons. The van der Waals surface area contributed by atoms with E-state index in [1.165, 1.54) is 0 Å². The summed E-state index contributed by atoms with van der Waals surface area (Å²) in [6, 6.07) is 22.1. The largest absolute Gasteiger partial charge is 0.305 e. The highest BCUT2D eigenvalue weighted by Gasteiger charge is 2.37. The molecule has 0 aliphatic heterocycles. The maximum Gasteiger partial charge on any atom is 0.230 e. The molecule has 3 aromatic carbocycles. The van der Waals surface area contributed by atoms with E-state index in [4.69, 9.17) is 0 Å². The molecule has 0 atom stereocenters. The minimum atomic E-state index is -3.44. The van der Waals surface area contributed by atoms with E-state index in [9.17, 15) is 9.36 Å². The number of carbonyl (C=O) groups excluding carboxylic acids is 1. The van der Waals surface area contributed by atoms with Gasteiger partial charge in [0.15, 0.2) is 0 Å². The molecule has 0 fully saturated rings. The van der Waals surface area contributed by atoms with Gasteiger partial charge in [-0.3, -0.25) is 4.79 Å². The predicted molar refractivity (Wildman–Crippen MR) is 112 cm³/mol. The third-order valence-electron chi connectivity index (χ3n) is 4.42. The molecule has 0 aliphatic carbocycles. The first kappa shape index (κ1) is 20.2. The van der Waals surface area contributed by atoms with Crippen molar-refractivity contribution in [1.82, 2.24) is 0 Å². The van der Waals surface area contributed by atoms with Crippen LogP contribution in [0.4, 0.5) is 0 Å². The van der Waals surface area contributed by atoms with E-state index in [0.29, 0.717) is 16.2 Å². The first-order valence-electron chi connectivity index (χ1n) is 8.28. The Morgan fingerprint density at radius 3 is 1.50 bits per heavy atom. The standard InChI is InChI=1S/C22H21O2P.ClH/c1-16-14-17(2)21(18(3)15-16)22(23)25(24,19-10-6-4-7-11-19)20-12-8-5-9-13-20;/h4-15H,1-3H3;1H. The summed E-state index contributed by atoms with van der Waals surface area (Å²) in [6.45, 7) is 5.82. The molecule has 4 heteroatoms. The third kappa shape index (κ3) is 3.53. The van der Waals surface area contributed by atoms with Crippen LogP contribution in [-0.4, -0.2) is 5.52 Å². The highest BCUT2D eigenvalue weighted by molar-refractivity contribution is 7.93. The van der Waals surface area contributed by atoms with E-state index in [2.05, 4.69) is 0 Å². The zero-order valence-electron chi connectivity index (χ0n) is 15.1. The van der Waals surface area contributed by atoms with Crippen molar-refractivity contribution < 1.29 is 9.36 Å². The van der Waals surface area contributed by atoms with E-state index < -0.39 is 7.14 Å². The van der Waals surface area contributed by atoms with Gasteiger partial charge in [-0.1, -0.05) is 78.4 Å². The molecular formula is C22H22ClO2P. The van der Waals surface area contributed by atoms with Crippen molar-refractivity contribution >= 4 is 35.7 Å². The predicted octanol–water partition coefficient (Wildman–Crippen LogP) is 5.19. The van der Waals surface area contributed by atoms with Crippen molar-refractivity contribution in [3.63, 3.8) is 0 Å². The number of hydrogen-bond donors (Lipinski definition) is 0. The second-order valence-electron chi connectivity index (χ2n) is 6.36. The van der Waals surface area contributed by atoms with Crippen LogP contribution in [0.15, 0.2) is 72.8 Å². The fourth-order valence-electron chi connectivity index (χ4n) is 3.33. The van der Waals surface area contributed by atoms with Gasteiger partial charge in [0.1, 0.15) is 0 Å². The van der Waals surface area contributed by atoms with Gasteiger partial charge in [-0.2, -0.15) is 0 Å². The van der Waals surface area contributed by atoms with Gasteiger partial charge in [-0.25, -0.2) is 0 Å². The third-order valence-corrected chi connectivity index (χ3v) is 7.26. The molecule has 0 spiro atoms. The number of carbonyl (C=O) groups is 1. The number of hydrogen-bond acceptors (Lipinski definition) is 2. The van der Waals surface area contributed by atoms with Crippen molar-refractivity contribution in [3.8, 4) is 0 Å². The van der Waals surface area contributed by atoms with E-state index in [0.717, 1.165) is 16.7 Å². The zero-order chi connectivity index (χ0) is 18.0. The Morgan fingerprint density at radius 1 is 0.731 bits per heavy atom. The van der Waals surface area contributed by atoms with Crippen molar-refractivity contribution in [2.75, 3.05) is 0 Å². The van der Waals surface area contributed by atoms with Crippen molar-refractivity contribution in [1.29, 1.82) is 0 Å². The van der Waals surface area contributed by atoms with Crippen LogP contribution >= 0.6 is 19.5 Å². The van der Waals surface area contributed by atoms with E-state index in [1.54, 1.807) is 24.3 Å². The normalized spacial score (nSPS) is 10.9. The van der Waals surface area contributed by atoms with Crippen LogP contribution in [-0.2, 0) is 4.57 Å². The maximum absolute atomic E-state index is 14.2. The smallest absolute Gasteiger partial charge is 0.230 e. The topological polar surface area (TPSA) is 34.1 Å². The van der Waals surface area contributed by atoms with Crippen LogP contribution in [0.1, 0.15) is 27.0 Å². The van der Waals surface area contributed by atoms with Crippen LogP contribution in [0.25, 0.3) is 0 Å². The van der Waals surface area contributed by atoms with E-state index >= 15 is 0 Å². The monoisotopic (exact) mass is 384 g/mol. The molecule has 2 nitrogen and oxygen atoms in total. The molecule has 26 heavy (non-hydrogen) atoms. The Hall–Kier alpha value is -2.15. The summed E-state index contributed by atoms with van der Waals surface area (Å²) < 4.78 is 14.2. The average molecular weight is 385 g/mol. The summed E-state index contributed by atoms with van der Waals surface area (Å²) in [4.78, 5) is 13.6. The van der Waals surface area contributed by atoms with Gasteiger partial charge >= 0.3 is 0 Å². The highest BCUT2D eigenvalue weighted by Crippen LogP contribution is 2.47. The lowest BCUT2D eigenvalue weighted by atomic mass is 10.0. The van der Waals surface area contributed by atoms with Gasteiger partial charge in [0, 0.05) is 16.2 Å². The van der Waals surface area contributed by atoms with Gasteiger partial charge < -0.3 is 4.57 Å². The van der Waals surface area contributed by atoms with Crippen LogP contribution in [0, 0.1) is 20.8 Å². The van der Waals surface area contributed by atoms with Crippen molar-refractivity contribution in [2.45, 2.75) is 20.8 Å². The first-order valence-corrected chi connectivity index (χ1v) is 9.99. The number of benzene rings is 3. The fourth-order valence-corrected chi connectivity index (χ4v) is 5.95. The van der Waals surface area contributed by atoms with E-state index in [1.807, 2.05) is 69.3 Å².